The number of nitrogen functional groups attached to an aromatic ring is 1. The Hall–Kier alpha value is -2.30. The van der Waals surface area contributed by atoms with Crippen molar-refractivity contribution in [2.75, 3.05) is 17.2 Å². The van der Waals surface area contributed by atoms with E-state index in [4.69, 9.17) is 5.73 Å². The Bertz CT molecular complexity index is 675. The van der Waals surface area contributed by atoms with Gasteiger partial charge in [-0.05, 0) is 50.1 Å². The van der Waals surface area contributed by atoms with Gasteiger partial charge in [-0.3, -0.25) is 9.48 Å². The number of nitrogens with two attached hydrogens (primary N) is 1. The fourth-order valence-corrected chi connectivity index (χ4v) is 2.73. The number of amides is 1. The molecule has 2 heterocycles. The van der Waals surface area contributed by atoms with Gasteiger partial charge in [0.25, 0.3) is 5.91 Å². The molecule has 2 N–H and O–H groups in total. The van der Waals surface area contributed by atoms with Crippen molar-refractivity contribution in [2.45, 2.75) is 26.8 Å². The zero-order chi connectivity index (χ0) is 14.3. The number of carbonyl (C=O) groups excluding carboxylic acids is 1. The van der Waals surface area contributed by atoms with Gasteiger partial charge in [0.05, 0.1) is 5.69 Å². The maximum absolute atomic E-state index is 12.7. The maximum Gasteiger partial charge on any atom is 0.276 e. The number of benzene rings is 1. The average molecular weight is 270 g/mol. The SMILES string of the molecule is CCn1nc(C)cc1C(=O)N1CCc2cc(N)ccc21. The van der Waals surface area contributed by atoms with Gasteiger partial charge in [0, 0.05) is 24.5 Å². The molecule has 3 rings (SSSR count). The fraction of sp³-hybridized carbons (Fsp3) is 0.333. The van der Waals surface area contributed by atoms with E-state index in [-0.39, 0.29) is 5.91 Å². The quantitative estimate of drug-likeness (QED) is 0.849. The maximum atomic E-state index is 12.7. The molecule has 1 aliphatic heterocycles. The van der Waals surface area contributed by atoms with E-state index in [1.807, 2.05) is 43.0 Å². The third-order valence-corrected chi connectivity index (χ3v) is 3.67. The molecule has 1 aliphatic rings. The molecule has 1 aromatic heterocycles. The number of fused-ring (bicyclic) bond motifs is 1. The molecule has 0 aliphatic carbocycles. The highest BCUT2D eigenvalue weighted by Gasteiger charge is 2.27. The van der Waals surface area contributed by atoms with Crippen molar-refractivity contribution in [2.24, 2.45) is 0 Å². The van der Waals surface area contributed by atoms with Crippen LogP contribution in [0.4, 0.5) is 11.4 Å². The number of hydrogen-bond donors (Lipinski definition) is 1. The highest BCUT2D eigenvalue weighted by Crippen LogP contribution is 2.30. The van der Waals surface area contributed by atoms with E-state index in [0.29, 0.717) is 18.8 Å². The van der Waals surface area contributed by atoms with Crippen LogP contribution in [0.5, 0.6) is 0 Å². The minimum atomic E-state index is 0.0102. The summed E-state index contributed by atoms with van der Waals surface area (Å²) in [4.78, 5) is 14.5. The number of nitrogens with zero attached hydrogens (tertiary/aromatic N) is 3. The van der Waals surface area contributed by atoms with Crippen LogP contribution in [0.3, 0.4) is 0 Å². The van der Waals surface area contributed by atoms with E-state index in [1.54, 1.807) is 4.68 Å². The van der Waals surface area contributed by atoms with Crippen molar-refractivity contribution < 1.29 is 4.79 Å². The van der Waals surface area contributed by atoms with E-state index < -0.39 is 0 Å². The van der Waals surface area contributed by atoms with Crippen molar-refractivity contribution >= 4 is 17.3 Å². The van der Waals surface area contributed by atoms with Gasteiger partial charge >= 0.3 is 0 Å². The highest BCUT2D eigenvalue weighted by molar-refractivity contribution is 6.06. The van der Waals surface area contributed by atoms with Crippen LogP contribution in [0, 0.1) is 6.92 Å². The van der Waals surface area contributed by atoms with E-state index in [1.165, 1.54) is 0 Å². The Morgan fingerprint density at radius 1 is 1.40 bits per heavy atom. The summed E-state index contributed by atoms with van der Waals surface area (Å²) in [6, 6.07) is 7.56. The minimum Gasteiger partial charge on any atom is -0.399 e. The molecule has 0 saturated carbocycles. The molecule has 0 saturated heterocycles. The lowest BCUT2D eigenvalue weighted by atomic mass is 10.1. The second-order valence-corrected chi connectivity index (χ2v) is 5.08. The first-order valence-corrected chi connectivity index (χ1v) is 6.85. The molecule has 20 heavy (non-hydrogen) atoms. The van der Waals surface area contributed by atoms with Crippen LogP contribution < -0.4 is 10.6 Å². The highest BCUT2D eigenvalue weighted by atomic mass is 16.2. The Kier molecular flexibility index (Phi) is 2.97. The largest absolute Gasteiger partial charge is 0.399 e. The molecule has 2 aromatic rings. The third kappa shape index (κ3) is 1.95. The normalized spacial score (nSPS) is 13.6. The van der Waals surface area contributed by atoms with Gasteiger partial charge in [-0.1, -0.05) is 0 Å². The lowest BCUT2D eigenvalue weighted by Gasteiger charge is -2.17. The van der Waals surface area contributed by atoms with Crippen molar-refractivity contribution in [3.63, 3.8) is 0 Å². The Morgan fingerprint density at radius 2 is 2.20 bits per heavy atom. The van der Waals surface area contributed by atoms with Crippen molar-refractivity contribution in [3.8, 4) is 0 Å². The number of aromatic nitrogens is 2. The zero-order valence-corrected chi connectivity index (χ0v) is 11.8. The first kappa shape index (κ1) is 12.7. The third-order valence-electron chi connectivity index (χ3n) is 3.67. The predicted octanol–water partition coefficient (Wildman–Crippen LogP) is 2.00. The first-order valence-electron chi connectivity index (χ1n) is 6.85. The average Bonchev–Trinajstić information content (AvgIpc) is 3.00. The molecule has 0 bridgehead atoms. The van der Waals surface area contributed by atoms with Crippen molar-refractivity contribution in [1.82, 2.24) is 9.78 Å². The number of anilines is 2. The Morgan fingerprint density at radius 3 is 2.95 bits per heavy atom. The van der Waals surface area contributed by atoms with Crippen LogP contribution in [0.1, 0.15) is 28.7 Å². The summed E-state index contributed by atoms with van der Waals surface area (Å²) in [5.41, 5.74) is 10.2. The summed E-state index contributed by atoms with van der Waals surface area (Å²) in [5, 5.41) is 4.34. The summed E-state index contributed by atoms with van der Waals surface area (Å²) in [6.07, 6.45) is 0.853. The van der Waals surface area contributed by atoms with Gasteiger partial charge in [-0.15, -0.1) is 0 Å². The molecule has 0 fully saturated rings. The molecule has 0 spiro atoms. The van der Waals surface area contributed by atoms with Crippen LogP contribution in [0.15, 0.2) is 24.3 Å². The smallest absolute Gasteiger partial charge is 0.276 e. The number of aryl methyl sites for hydroxylation is 2. The monoisotopic (exact) mass is 270 g/mol. The van der Waals surface area contributed by atoms with E-state index in [2.05, 4.69) is 5.10 Å². The van der Waals surface area contributed by atoms with Crippen LogP contribution in [-0.2, 0) is 13.0 Å². The van der Waals surface area contributed by atoms with Crippen LogP contribution >= 0.6 is 0 Å². The van der Waals surface area contributed by atoms with Crippen LogP contribution in [0.2, 0.25) is 0 Å². The first-order chi connectivity index (χ1) is 9.60. The predicted molar refractivity (Wildman–Crippen MR) is 78.9 cm³/mol. The molecule has 0 atom stereocenters. The zero-order valence-electron chi connectivity index (χ0n) is 11.8. The summed E-state index contributed by atoms with van der Waals surface area (Å²) in [6.45, 7) is 5.28. The molecule has 0 unspecified atom stereocenters. The number of carbonyl (C=O) groups is 1. The second kappa shape index (κ2) is 4.67. The standard InChI is InChI=1S/C15H18N4O/c1-3-19-14(8-10(2)17-19)15(20)18-7-6-11-9-12(16)4-5-13(11)18/h4-5,8-9H,3,6-7,16H2,1-2H3. The second-order valence-electron chi connectivity index (χ2n) is 5.08. The fourth-order valence-electron chi connectivity index (χ4n) is 2.73. The van der Waals surface area contributed by atoms with Gasteiger partial charge < -0.3 is 10.6 Å². The van der Waals surface area contributed by atoms with E-state index >= 15 is 0 Å². The lowest BCUT2D eigenvalue weighted by Crippen LogP contribution is -2.30. The van der Waals surface area contributed by atoms with Gasteiger partial charge in [0.15, 0.2) is 0 Å². The molecule has 104 valence electrons. The van der Waals surface area contributed by atoms with Gasteiger partial charge in [0.1, 0.15) is 5.69 Å². The molecule has 1 amide bonds. The lowest BCUT2D eigenvalue weighted by molar-refractivity contribution is 0.0979. The molecular weight excluding hydrogens is 252 g/mol. The Labute approximate surface area is 118 Å². The summed E-state index contributed by atoms with van der Waals surface area (Å²) < 4.78 is 1.76. The van der Waals surface area contributed by atoms with Gasteiger partial charge in [-0.2, -0.15) is 5.10 Å². The molecule has 5 nitrogen and oxygen atoms in total. The molecule has 0 radical (unpaired) electrons. The number of rotatable bonds is 2. The molecular formula is C15H18N4O. The van der Waals surface area contributed by atoms with Crippen LogP contribution in [0.25, 0.3) is 0 Å². The van der Waals surface area contributed by atoms with Gasteiger partial charge in [-0.25, -0.2) is 0 Å². The van der Waals surface area contributed by atoms with Crippen molar-refractivity contribution in [3.05, 3.63) is 41.2 Å². The number of hydrogen-bond acceptors (Lipinski definition) is 3. The molecule has 5 heteroatoms. The molecule has 1 aromatic carbocycles. The van der Waals surface area contributed by atoms with Crippen molar-refractivity contribution in [1.29, 1.82) is 0 Å². The van der Waals surface area contributed by atoms with E-state index in [9.17, 15) is 4.79 Å². The Balaban J connectivity index is 1.97. The topological polar surface area (TPSA) is 64.2 Å². The minimum absolute atomic E-state index is 0.0102. The van der Waals surface area contributed by atoms with Crippen LogP contribution in [-0.4, -0.2) is 22.2 Å². The van der Waals surface area contributed by atoms with E-state index in [0.717, 1.165) is 29.1 Å². The van der Waals surface area contributed by atoms with Gasteiger partial charge in [0.2, 0.25) is 0 Å². The summed E-state index contributed by atoms with van der Waals surface area (Å²) >= 11 is 0. The summed E-state index contributed by atoms with van der Waals surface area (Å²) in [5.74, 6) is 0.0102. The summed E-state index contributed by atoms with van der Waals surface area (Å²) in [7, 11) is 0.